The Morgan fingerprint density at radius 3 is 2.52 bits per heavy atom. The predicted molar refractivity (Wildman–Crippen MR) is 91.3 cm³/mol. The fraction of sp³-hybridized carbons (Fsp3) is 0.647. The third-order valence-electron chi connectivity index (χ3n) is 4.26. The van der Waals surface area contributed by atoms with Gasteiger partial charge in [-0.25, -0.2) is 0 Å². The first-order valence-corrected chi connectivity index (χ1v) is 9.46. The van der Waals surface area contributed by atoms with Crippen LogP contribution >= 0.6 is 0 Å². The Labute approximate surface area is 131 Å². The Balaban J connectivity index is 2.06. The van der Waals surface area contributed by atoms with Gasteiger partial charge in [0.25, 0.3) is 0 Å². The Morgan fingerprint density at radius 1 is 1.24 bits per heavy atom. The lowest BCUT2D eigenvalue weighted by molar-refractivity contribution is 0.227. The molecule has 0 spiro atoms. The lowest BCUT2D eigenvalue weighted by atomic mass is 9.81. The van der Waals surface area contributed by atoms with Crippen molar-refractivity contribution in [2.75, 3.05) is 44.2 Å². The summed E-state index contributed by atoms with van der Waals surface area (Å²) in [5, 5.41) is 3.59. The fourth-order valence-electron chi connectivity index (χ4n) is 2.96. The van der Waals surface area contributed by atoms with E-state index in [9.17, 15) is 4.21 Å². The van der Waals surface area contributed by atoms with Crippen molar-refractivity contribution < 1.29 is 4.21 Å². The molecular weight excluding hydrogens is 280 g/mol. The zero-order valence-corrected chi connectivity index (χ0v) is 14.1. The molecule has 3 nitrogen and oxygen atoms in total. The normalized spacial score (nSPS) is 20.3. The summed E-state index contributed by atoms with van der Waals surface area (Å²) in [6, 6.07) is 10.8. The Kier molecular flexibility index (Phi) is 6.40. The highest BCUT2D eigenvalue weighted by Gasteiger charge is 2.30. The molecule has 1 heterocycles. The molecule has 1 saturated heterocycles. The van der Waals surface area contributed by atoms with E-state index < -0.39 is 10.8 Å². The molecule has 0 radical (unpaired) electrons. The second-order valence-corrected chi connectivity index (χ2v) is 7.92. The van der Waals surface area contributed by atoms with Crippen molar-refractivity contribution in [1.82, 2.24) is 10.2 Å². The number of nitrogens with one attached hydrogen (secondary N) is 1. The summed E-state index contributed by atoms with van der Waals surface area (Å²) < 4.78 is 11.5. The van der Waals surface area contributed by atoms with Gasteiger partial charge in [0, 0.05) is 53.9 Å². The minimum atomic E-state index is -0.598. The van der Waals surface area contributed by atoms with Crippen molar-refractivity contribution in [2.24, 2.45) is 0 Å². The van der Waals surface area contributed by atoms with Gasteiger partial charge < -0.3 is 10.2 Å². The number of hydrogen-bond donors (Lipinski definition) is 1. The second kappa shape index (κ2) is 8.06. The third-order valence-corrected chi connectivity index (χ3v) is 5.53. The molecule has 1 atom stereocenters. The smallest absolute Gasteiger partial charge is 0.0363 e. The Hall–Kier alpha value is -0.710. The molecule has 0 saturated carbocycles. The van der Waals surface area contributed by atoms with Crippen LogP contribution in [0.5, 0.6) is 0 Å². The standard InChI is InChI=1S/C17H28N2OS/c1-3-9-18-14-17(2,16-7-5-4-6-8-16)15-19-10-12-21(20)13-11-19/h4-8,18H,3,9-15H2,1-2H3. The highest BCUT2D eigenvalue weighted by atomic mass is 32.2. The summed E-state index contributed by atoms with van der Waals surface area (Å²) >= 11 is 0. The molecule has 1 fully saturated rings. The van der Waals surface area contributed by atoms with Crippen LogP contribution in [0.3, 0.4) is 0 Å². The van der Waals surface area contributed by atoms with Crippen LogP contribution in [0, 0.1) is 0 Å². The molecule has 0 aromatic heterocycles. The first-order valence-electron chi connectivity index (χ1n) is 7.97. The molecule has 21 heavy (non-hydrogen) atoms. The summed E-state index contributed by atoms with van der Waals surface area (Å²) in [5.41, 5.74) is 1.50. The largest absolute Gasteiger partial charge is 0.316 e. The van der Waals surface area contributed by atoms with Gasteiger partial charge in [-0.05, 0) is 18.5 Å². The number of nitrogens with zero attached hydrogens (tertiary/aromatic N) is 1. The number of benzene rings is 1. The molecule has 0 bridgehead atoms. The summed E-state index contributed by atoms with van der Waals surface area (Å²) in [6.45, 7) is 9.55. The van der Waals surface area contributed by atoms with Crippen LogP contribution in [0.15, 0.2) is 30.3 Å². The van der Waals surface area contributed by atoms with E-state index in [1.165, 1.54) is 5.56 Å². The van der Waals surface area contributed by atoms with Crippen molar-refractivity contribution in [3.8, 4) is 0 Å². The van der Waals surface area contributed by atoms with Gasteiger partial charge >= 0.3 is 0 Å². The average molecular weight is 308 g/mol. The molecule has 1 aromatic carbocycles. The molecule has 1 aliphatic heterocycles. The van der Waals surface area contributed by atoms with E-state index in [0.29, 0.717) is 0 Å². The van der Waals surface area contributed by atoms with Gasteiger partial charge in [-0.15, -0.1) is 0 Å². The maximum absolute atomic E-state index is 11.5. The minimum Gasteiger partial charge on any atom is -0.316 e. The first-order chi connectivity index (χ1) is 10.1. The summed E-state index contributed by atoms with van der Waals surface area (Å²) in [7, 11) is -0.598. The van der Waals surface area contributed by atoms with E-state index in [2.05, 4.69) is 54.4 Å². The maximum atomic E-state index is 11.5. The topological polar surface area (TPSA) is 32.3 Å². The zero-order chi connectivity index (χ0) is 15.1. The molecule has 1 aliphatic rings. The van der Waals surface area contributed by atoms with Crippen molar-refractivity contribution in [2.45, 2.75) is 25.7 Å². The van der Waals surface area contributed by atoms with Gasteiger partial charge in [-0.3, -0.25) is 4.21 Å². The van der Waals surface area contributed by atoms with Crippen LogP contribution in [-0.2, 0) is 16.2 Å². The minimum absolute atomic E-state index is 0.106. The molecular formula is C17H28N2OS. The highest BCUT2D eigenvalue weighted by Crippen LogP contribution is 2.25. The van der Waals surface area contributed by atoms with Gasteiger partial charge in [0.15, 0.2) is 0 Å². The molecule has 4 heteroatoms. The van der Waals surface area contributed by atoms with E-state index in [1.54, 1.807) is 0 Å². The lowest BCUT2D eigenvalue weighted by Gasteiger charge is -2.38. The van der Waals surface area contributed by atoms with Gasteiger partial charge in [0.2, 0.25) is 0 Å². The van der Waals surface area contributed by atoms with Crippen LogP contribution in [0.4, 0.5) is 0 Å². The van der Waals surface area contributed by atoms with Crippen molar-refractivity contribution in [3.63, 3.8) is 0 Å². The highest BCUT2D eigenvalue weighted by molar-refractivity contribution is 7.85. The van der Waals surface area contributed by atoms with Crippen LogP contribution in [0.1, 0.15) is 25.8 Å². The molecule has 1 aromatic rings. The molecule has 0 amide bonds. The molecule has 2 rings (SSSR count). The molecule has 1 unspecified atom stereocenters. The van der Waals surface area contributed by atoms with E-state index >= 15 is 0 Å². The molecule has 1 N–H and O–H groups in total. The van der Waals surface area contributed by atoms with Crippen molar-refractivity contribution >= 4 is 10.8 Å². The van der Waals surface area contributed by atoms with E-state index in [1.807, 2.05) is 0 Å². The van der Waals surface area contributed by atoms with Crippen LogP contribution < -0.4 is 5.32 Å². The van der Waals surface area contributed by atoms with Crippen LogP contribution in [0.25, 0.3) is 0 Å². The van der Waals surface area contributed by atoms with E-state index in [4.69, 9.17) is 0 Å². The van der Waals surface area contributed by atoms with Crippen LogP contribution in [0.2, 0.25) is 0 Å². The van der Waals surface area contributed by atoms with Gasteiger partial charge in [-0.2, -0.15) is 0 Å². The summed E-state index contributed by atoms with van der Waals surface area (Å²) in [6.07, 6.45) is 1.16. The fourth-order valence-corrected chi connectivity index (χ4v) is 4.09. The molecule has 0 aliphatic carbocycles. The SMILES string of the molecule is CCCNCC(C)(CN1CCS(=O)CC1)c1ccccc1. The zero-order valence-electron chi connectivity index (χ0n) is 13.3. The summed E-state index contributed by atoms with van der Waals surface area (Å²) in [5.74, 6) is 1.65. The monoisotopic (exact) mass is 308 g/mol. The van der Waals surface area contributed by atoms with Gasteiger partial charge in [-0.1, -0.05) is 44.2 Å². The van der Waals surface area contributed by atoms with Gasteiger partial charge in [0.1, 0.15) is 0 Å². The van der Waals surface area contributed by atoms with Crippen molar-refractivity contribution in [1.29, 1.82) is 0 Å². The quantitative estimate of drug-likeness (QED) is 0.782. The Bertz CT molecular complexity index is 441. The second-order valence-electron chi connectivity index (χ2n) is 6.23. The number of hydrogen-bond acceptors (Lipinski definition) is 3. The third kappa shape index (κ3) is 4.90. The van der Waals surface area contributed by atoms with Gasteiger partial charge in [0.05, 0.1) is 0 Å². The predicted octanol–water partition coefficient (Wildman–Crippen LogP) is 2.01. The molecule has 118 valence electrons. The van der Waals surface area contributed by atoms with E-state index in [0.717, 1.165) is 50.7 Å². The van der Waals surface area contributed by atoms with Crippen LogP contribution in [-0.4, -0.2) is 53.3 Å². The maximum Gasteiger partial charge on any atom is 0.0363 e. The van der Waals surface area contributed by atoms with Crippen molar-refractivity contribution in [3.05, 3.63) is 35.9 Å². The Morgan fingerprint density at radius 2 is 1.90 bits per heavy atom. The summed E-state index contributed by atoms with van der Waals surface area (Å²) in [4.78, 5) is 2.47. The van der Waals surface area contributed by atoms with E-state index in [-0.39, 0.29) is 5.41 Å². The number of rotatable bonds is 7. The lowest BCUT2D eigenvalue weighted by Crippen LogP contribution is -2.49. The average Bonchev–Trinajstić information content (AvgIpc) is 2.51. The first kappa shape index (κ1) is 16.7.